The summed E-state index contributed by atoms with van der Waals surface area (Å²) in [5.74, 6) is 1.44. The van der Waals surface area contributed by atoms with Gasteiger partial charge in [0.2, 0.25) is 0 Å². The highest BCUT2D eigenvalue weighted by Crippen LogP contribution is 2.14. The molecule has 0 aliphatic heterocycles. The van der Waals surface area contributed by atoms with Crippen LogP contribution in [-0.2, 0) is 17.8 Å². The second-order valence-corrected chi connectivity index (χ2v) is 5.49. The average molecular weight is 307 g/mol. The van der Waals surface area contributed by atoms with E-state index in [0.717, 1.165) is 18.1 Å². The van der Waals surface area contributed by atoms with Gasteiger partial charge in [0.25, 0.3) is 0 Å². The summed E-state index contributed by atoms with van der Waals surface area (Å²) in [6.45, 7) is 7.31. The highest BCUT2D eigenvalue weighted by molar-refractivity contribution is 5.04. The zero-order chi connectivity index (χ0) is 15.9. The number of alkyl halides is 3. The lowest BCUT2D eigenvalue weighted by Gasteiger charge is -2.12. The van der Waals surface area contributed by atoms with Crippen LogP contribution in [0.1, 0.15) is 31.8 Å². The second-order valence-electron chi connectivity index (χ2n) is 5.49. The summed E-state index contributed by atoms with van der Waals surface area (Å²) in [5, 5.41) is 3.34. The molecule has 1 N–H and O–H groups in total. The summed E-state index contributed by atoms with van der Waals surface area (Å²) in [5.41, 5.74) is 1.05. The minimum Gasteiger partial charge on any atom is -0.372 e. The fraction of sp³-hybridized carbons (Fsp3) is 0.786. The number of hydrogen-bond donors (Lipinski definition) is 1. The maximum absolute atomic E-state index is 11.9. The zero-order valence-corrected chi connectivity index (χ0v) is 12.8. The fourth-order valence-corrected chi connectivity index (χ4v) is 1.96. The van der Waals surface area contributed by atoms with Gasteiger partial charge in [-0.1, -0.05) is 13.8 Å². The number of hydrogen-bond acceptors (Lipinski definition) is 3. The van der Waals surface area contributed by atoms with E-state index < -0.39 is 12.8 Å². The first-order valence-corrected chi connectivity index (χ1v) is 7.16. The first-order chi connectivity index (χ1) is 9.79. The SMILES string of the molecule is Cc1ncc(CNCC(C)C)n1CCCOCC(F)(F)F. The Hall–Kier alpha value is -1.08. The van der Waals surface area contributed by atoms with Crippen molar-refractivity contribution in [1.82, 2.24) is 14.9 Å². The third-order valence-electron chi connectivity index (χ3n) is 2.93. The number of rotatable bonds is 9. The molecule has 1 aromatic heterocycles. The fourth-order valence-electron chi connectivity index (χ4n) is 1.96. The minimum atomic E-state index is -4.25. The van der Waals surface area contributed by atoms with Crippen LogP contribution in [0.15, 0.2) is 6.20 Å². The van der Waals surface area contributed by atoms with Crippen LogP contribution in [0.2, 0.25) is 0 Å². The summed E-state index contributed by atoms with van der Waals surface area (Å²) < 4.78 is 42.5. The zero-order valence-electron chi connectivity index (χ0n) is 12.8. The molecule has 0 atom stereocenters. The molecule has 0 unspecified atom stereocenters. The molecule has 0 saturated carbocycles. The van der Waals surface area contributed by atoms with Crippen molar-refractivity contribution in [2.75, 3.05) is 19.8 Å². The van der Waals surface area contributed by atoms with Crippen molar-refractivity contribution < 1.29 is 17.9 Å². The lowest BCUT2D eigenvalue weighted by Crippen LogP contribution is -2.21. The molecule has 0 spiro atoms. The Kier molecular flexibility index (Phi) is 7.17. The van der Waals surface area contributed by atoms with Gasteiger partial charge in [-0.05, 0) is 25.8 Å². The van der Waals surface area contributed by atoms with E-state index in [0.29, 0.717) is 25.4 Å². The van der Waals surface area contributed by atoms with Crippen molar-refractivity contribution in [2.24, 2.45) is 5.92 Å². The molecule has 0 aliphatic rings. The van der Waals surface area contributed by atoms with E-state index in [1.165, 1.54) is 0 Å². The van der Waals surface area contributed by atoms with Gasteiger partial charge in [0.15, 0.2) is 0 Å². The number of aromatic nitrogens is 2. The smallest absolute Gasteiger partial charge is 0.372 e. The van der Waals surface area contributed by atoms with E-state index in [2.05, 4.69) is 28.9 Å². The molecule has 1 heterocycles. The molecule has 1 aromatic rings. The van der Waals surface area contributed by atoms with Crippen LogP contribution in [0.5, 0.6) is 0 Å². The van der Waals surface area contributed by atoms with E-state index in [4.69, 9.17) is 0 Å². The van der Waals surface area contributed by atoms with Crippen molar-refractivity contribution in [2.45, 2.75) is 46.5 Å². The molecular formula is C14H24F3N3O. The third-order valence-corrected chi connectivity index (χ3v) is 2.93. The highest BCUT2D eigenvalue weighted by atomic mass is 19.4. The number of aryl methyl sites for hydroxylation is 1. The maximum Gasteiger partial charge on any atom is 0.411 e. The van der Waals surface area contributed by atoms with E-state index in [1.807, 2.05) is 11.5 Å². The molecule has 0 bridgehead atoms. The molecule has 0 saturated heterocycles. The Morgan fingerprint density at radius 2 is 2.10 bits per heavy atom. The summed E-state index contributed by atoms with van der Waals surface area (Å²) >= 11 is 0. The number of nitrogens with one attached hydrogen (secondary N) is 1. The largest absolute Gasteiger partial charge is 0.411 e. The topological polar surface area (TPSA) is 39.1 Å². The molecule has 0 radical (unpaired) electrons. The van der Waals surface area contributed by atoms with Crippen LogP contribution in [-0.4, -0.2) is 35.5 Å². The van der Waals surface area contributed by atoms with E-state index in [-0.39, 0.29) is 6.61 Å². The van der Waals surface area contributed by atoms with Gasteiger partial charge in [-0.3, -0.25) is 0 Å². The minimum absolute atomic E-state index is 0.0932. The van der Waals surface area contributed by atoms with Crippen LogP contribution in [0.25, 0.3) is 0 Å². The molecule has 0 aromatic carbocycles. The van der Waals surface area contributed by atoms with Crippen LogP contribution in [0.4, 0.5) is 13.2 Å². The molecule has 4 nitrogen and oxygen atoms in total. The van der Waals surface area contributed by atoms with Gasteiger partial charge in [-0.15, -0.1) is 0 Å². The van der Waals surface area contributed by atoms with E-state index in [9.17, 15) is 13.2 Å². The van der Waals surface area contributed by atoms with Gasteiger partial charge in [-0.25, -0.2) is 4.98 Å². The van der Waals surface area contributed by atoms with Crippen molar-refractivity contribution in [3.8, 4) is 0 Å². The Morgan fingerprint density at radius 3 is 2.71 bits per heavy atom. The predicted molar refractivity (Wildman–Crippen MR) is 75.0 cm³/mol. The average Bonchev–Trinajstić information content (AvgIpc) is 2.69. The Morgan fingerprint density at radius 1 is 1.38 bits per heavy atom. The Balaban J connectivity index is 2.35. The highest BCUT2D eigenvalue weighted by Gasteiger charge is 2.27. The molecular weight excluding hydrogens is 283 g/mol. The lowest BCUT2D eigenvalue weighted by atomic mass is 10.2. The molecule has 1 rings (SSSR count). The van der Waals surface area contributed by atoms with Crippen molar-refractivity contribution in [1.29, 1.82) is 0 Å². The van der Waals surface area contributed by atoms with Crippen molar-refractivity contribution in [3.63, 3.8) is 0 Å². The summed E-state index contributed by atoms with van der Waals surface area (Å²) in [7, 11) is 0. The van der Waals surface area contributed by atoms with Crippen LogP contribution < -0.4 is 5.32 Å². The van der Waals surface area contributed by atoms with E-state index >= 15 is 0 Å². The standard InChI is InChI=1S/C14H24F3N3O/c1-11(2)7-18-8-13-9-19-12(3)20(13)5-4-6-21-10-14(15,16)17/h9,11,18H,4-8,10H2,1-3H3. The van der Waals surface area contributed by atoms with Crippen LogP contribution in [0, 0.1) is 12.8 Å². The summed E-state index contributed by atoms with van der Waals surface area (Å²) in [6, 6.07) is 0. The van der Waals surface area contributed by atoms with Gasteiger partial charge < -0.3 is 14.6 Å². The van der Waals surface area contributed by atoms with E-state index in [1.54, 1.807) is 6.20 Å². The normalized spacial score (nSPS) is 12.3. The quantitative estimate of drug-likeness (QED) is 0.713. The monoisotopic (exact) mass is 307 g/mol. The Bertz CT molecular complexity index is 416. The number of ether oxygens (including phenoxy) is 1. The molecule has 122 valence electrons. The number of halogens is 3. The molecule has 7 heteroatoms. The lowest BCUT2D eigenvalue weighted by molar-refractivity contribution is -0.174. The Labute approximate surface area is 123 Å². The van der Waals surface area contributed by atoms with Crippen LogP contribution >= 0.6 is 0 Å². The molecule has 0 fully saturated rings. The second kappa shape index (κ2) is 8.38. The maximum atomic E-state index is 11.9. The van der Waals surface area contributed by atoms with Gasteiger partial charge in [0, 0.05) is 25.9 Å². The number of imidazole rings is 1. The first kappa shape index (κ1) is 18.0. The summed E-state index contributed by atoms with van der Waals surface area (Å²) in [4.78, 5) is 4.25. The molecule has 21 heavy (non-hydrogen) atoms. The predicted octanol–water partition coefficient (Wildman–Crippen LogP) is 2.91. The van der Waals surface area contributed by atoms with Crippen LogP contribution in [0.3, 0.4) is 0 Å². The van der Waals surface area contributed by atoms with Gasteiger partial charge >= 0.3 is 6.18 Å². The van der Waals surface area contributed by atoms with Gasteiger partial charge in [-0.2, -0.15) is 13.2 Å². The van der Waals surface area contributed by atoms with Gasteiger partial charge in [0.1, 0.15) is 12.4 Å². The van der Waals surface area contributed by atoms with Crippen molar-refractivity contribution >= 4 is 0 Å². The number of nitrogens with zero attached hydrogens (tertiary/aromatic N) is 2. The van der Waals surface area contributed by atoms with Gasteiger partial charge in [0.05, 0.1) is 5.69 Å². The third kappa shape index (κ3) is 7.47. The van der Waals surface area contributed by atoms with Crippen molar-refractivity contribution in [3.05, 3.63) is 17.7 Å². The molecule has 0 aliphatic carbocycles. The molecule has 0 amide bonds. The summed E-state index contributed by atoms with van der Waals surface area (Å²) in [6.07, 6.45) is -1.92. The first-order valence-electron chi connectivity index (χ1n) is 7.16.